The van der Waals surface area contributed by atoms with Crippen LogP contribution in [0.5, 0.6) is 0 Å². The Balaban J connectivity index is 1.79. The monoisotopic (exact) mass is 368 g/mol. The molecule has 0 atom stereocenters. The van der Waals surface area contributed by atoms with Gasteiger partial charge in [-0.25, -0.2) is 9.67 Å². The van der Waals surface area contributed by atoms with Crippen LogP contribution < -0.4 is 5.32 Å². The first kappa shape index (κ1) is 17.7. The van der Waals surface area contributed by atoms with Gasteiger partial charge in [0.05, 0.1) is 5.69 Å². The van der Waals surface area contributed by atoms with Gasteiger partial charge in [-0.15, -0.1) is 5.10 Å². The highest BCUT2D eigenvalue weighted by atomic mass is 16.2. The number of nitrogens with one attached hydrogen (secondary N) is 1. The van der Waals surface area contributed by atoms with E-state index in [1.165, 1.54) is 0 Å². The van der Waals surface area contributed by atoms with Gasteiger partial charge in [0.2, 0.25) is 5.82 Å². The van der Waals surface area contributed by atoms with Crippen molar-refractivity contribution in [2.24, 2.45) is 0 Å². The van der Waals surface area contributed by atoms with E-state index in [4.69, 9.17) is 0 Å². The normalized spacial score (nSPS) is 10.6. The molecule has 0 saturated carbocycles. The lowest BCUT2D eigenvalue weighted by atomic mass is 10.1. The van der Waals surface area contributed by atoms with Gasteiger partial charge in [-0.2, -0.15) is 0 Å². The molecule has 4 rings (SSSR count). The molecule has 0 aliphatic rings. The van der Waals surface area contributed by atoms with E-state index < -0.39 is 0 Å². The van der Waals surface area contributed by atoms with E-state index in [1.54, 1.807) is 4.68 Å². The number of hydrogen-bond acceptors (Lipinski definition) is 3. The predicted octanol–water partition coefficient (Wildman–Crippen LogP) is 4.80. The van der Waals surface area contributed by atoms with Crippen molar-refractivity contribution in [3.8, 4) is 17.1 Å². The first-order valence-electron chi connectivity index (χ1n) is 9.08. The zero-order valence-electron chi connectivity index (χ0n) is 15.8. The quantitative estimate of drug-likeness (QED) is 0.563. The fraction of sp³-hybridized carbons (Fsp3) is 0.0870. The van der Waals surface area contributed by atoms with Crippen LogP contribution >= 0.6 is 0 Å². The van der Waals surface area contributed by atoms with Crippen LogP contribution in [-0.4, -0.2) is 20.7 Å². The van der Waals surface area contributed by atoms with Crippen molar-refractivity contribution in [3.05, 3.63) is 95.8 Å². The van der Waals surface area contributed by atoms with Crippen LogP contribution in [0.1, 0.15) is 21.7 Å². The number of para-hydroxylation sites is 2. The molecule has 5 heteroatoms. The number of anilines is 1. The van der Waals surface area contributed by atoms with Gasteiger partial charge in [0, 0.05) is 11.3 Å². The number of aromatic nitrogens is 3. The van der Waals surface area contributed by atoms with Gasteiger partial charge in [-0.05, 0) is 37.6 Å². The molecule has 5 nitrogen and oxygen atoms in total. The second-order valence-electron chi connectivity index (χ2n) is 6.64. The molecule has 1 amide bonds. The van der Waals surface area contributed by atoms with Crippen molar-refractivity contribution in [1.29, 1.82) is 0 Å². The van der Waals surface area contributed by atoms with Gasteiger partial charge in [0.25, 0.3) is 5.91 Å². The van der Waals surface area contributed by atoms with Gasteiger partial charge in [0.15, 0.2) is 5.82 Å². The zero-order valence-corrected chi connectivity index (χ0v) is 15.8. The maximum atomic E-state index is 12.7. The maximum absolute atomic E-state index is 12.7. The molecule has 0 unspecified atom stereocenters. The Labute approximate surface area is 163 Å². The van der Waals surface area contributed by atoms with Crippen molar-refractivity contribution in [3.63, 3.8) is 0 Å². The maximum Gasteiger partial charge on any atom is 0.295 e. The minimum Gasteiger partial charge on any atom is -0.319 e. The van der Waals surface area contributed by atoms with Gasteiger partial charge in [-0.3, -0.25) is 4.79 Å². The first-order valence-corrected chi connectivity index (χ1v) is 9.08. The first-order chi connectivity index (χ1) is 13.6. The molecule has 0 radical (unpaired) electrons. The molecule has 0 spiro atoms. The van der Waals surface area contributed by atoms with E-state index in [-0.39, 0.29) is 11.7 Å². The van der Waals surface area contributed by atoms with Crippen LogP contribution in [0, 0.1) is 13.8 Å². The van der Waals surface area contributed by atoms with Crippen LogP contribution in [0.2, 0.25) is 0 Å². The van der Waals surface area contributed by atoms with Crippen LogP contribution in [0.15, 0.2) is 78.9 Å². The summed E-state index contributed by atoms with van der Waals surface area (Å²) in [6.07, 6.45) is 0. The summed E-state index contributed by atoms with van der Waals surface area (Å²) >= 11 is 0. The van der Waals surface area contributed by atoms with Gasteiger partial charge in [0.1, 0.15) is 0 Å². The van der Waals surface area contributed by atoms with Crippen molar-refractivity contribution in [2.75, 3.05) is 5.32 Å². The Morgan fingerprint density at radius 3 is 2.25 bits per heavy atom. The third-order valence-electron chi connectivity index (χ3n) is 4.50. The fourth-order valence-electron chi connectivity index (χ4n) is 2.98. The van der Waals surface area contributed by atoms with Crippen LogP contribution in [0.4, 0.5) is 5.69 Å². The molecule has 0 fully saturated rings. The molecular weight excluding hydrogens is 348 g/mol. The van der Waals surface area contributed by atoms with E-state index in [0.717, 1.165) is 22.4 Å². The van der Waals surface area contributed by atoms with E-state index in [0.29, 0.717) is 11.5 Å². The molecule has 28 heavy (non-hydrogen) atoms. The molecule has 0 aliphatic carbocycles. The van der Waals surface area contributed by atoms with E-state index in [1.807, 2.05) is 92.7 Å². The molecule has 0 aliphatic heterocycles. The van der Waals surface area contributed by atoms with Crippen LogP contribution in [0.3, 0.4) is 0 Å². The second-order valence-corrected chi connectivity index (χ2v) is 6.64. The topological polar surface area (TPSA) is 59.8 Å². The minimum absolute atomic E-state index is 0.127. The number of carbonyl (C=O) groups is 1. The molecule has 3 aromatic carbocycles. The molecule has 1 heterocycles. The Bertz CT molecular complexity index is 1120. The summed E-state index contributed by atoms with van der Waals surface area (Å²) in [4.78, 5) is 17.3. The smallest absolute Gasteiger partial charge is 0.295 e. The third-order valence-corrected chi connectivity index (χ3v) is 4.50. The summed E-state index contributed by atoms with van der Waals surface area (Å²) in [7, 11) is 0. The number of rotatable bonds is 4. The van der Waals surface area contributed by atoms with Crippen molar-refractivity contribution < 1.29 is 4.79 Å². The lowest BCUT2D eigenvalue weighted by Crippen LogP contribution is -2.14. The number of benzene rings is 3. The fourth-order valence-corrected chi connectivity index (χ4v) is 2.98. The Morgan fingerprint density at radius 1 is 0.857 bits per heavy atom. The average molecular weight is 368 g/mol. The highest BCUT2D eigenvalue weighted by molar-refractivity contribution is 6.01. The van der Waals surface area contributed by atoms with Crippen molar-refractivity contribution >= 4 is 11.6 Å². The minimum atomic E-state index is -0.341. The summed E-state index contributed by atoms with van der Waals surface area (Å²) < 4.78 is 1.74. The van der Waals surface area contributed by atoms with E-state index in [2.05, 4.69) is 15.4 Å². The second kappa shape index (κ2) is 7.48. The molecule has 4 aromatic rings. The lowest BCUT2D eigenvalue weighted by Gasteiger charge is -2.08. The largest absolute Gasteiger partial charge is 0.319 e. The van der Waals surface area contributed by atoms with E-state index >= 15 is 0 Å². The van der Waals surface area contributed by atoms with Crippen LogP contribution in [-0.2, 0) is 0 Å². The molecular formula is C23H20N4O. The highest BCUT2D eigenvalue weighted by Gasteiger charge is 2.19. The summed E-state index contributed by atoms with van der Waals surface area (Å²) in [6, 6.07) is 25.2. The zero-order chi connectivity index (χ0) is 19.5. The molecule has 1 aromatic heterocycles. The number of carbonyl (C=O) groups excluding carboxylic acids is 1. The summed E-state index contributed by atoms with van der Waals surface area (Å²) in [5.74, 6) is 0.419. The molecule has 1 N–H and O–H groups in total. The molecule has 0 saturated heterocycles. The van der Waals surface area contributed by atoms with Gasteiger partial charge < -0.3 is 5.32 Å². The summed E-state index contributed by atoms with van der Waals surface area (Å²) in [6.45, 7) is 4.05. The predicted molar refractivity (Wildman–Crippen MR) is 111 cm³/mol. The standard InChI is InChI=1S/C23H20N4O/c1-16-12-14-18(15-13-16)22-25-21(23(28)24-19-9-4-3-5-10-19)26-27(22)20-11-7-6-8-17(20)2/h3-15H,1-2H3,(H,24,28). The number of aryl methyl sites for hydroxylation is 2. The Morgan fingerprint density at radius 2 is 1.54 bits per heavy atom. The van der Waals surface area contributed by atoms with Gasteiger partial charge in [-0.1, -0.05) is 66.2 Å². The summed E-state index contributed by atoms with van der Waals surface area (Å²) in [5, 5.41) is 7.38. The number of amides is 1. The Hall–Kier alpha value is -3.73. The van der Waals surface area contributed by atoms with Crippen molar-refractivity contribution in [2.45, 2.75) is 13.8 Å². The summed E-state index contributed by atoms with van der Waals surface area (Å²) in [5.41, 5.74) is 4.71. The number of nitrogens with zero attached hydrogens (tertiary/aromatic N) is 3. The Kier molecular flexibility index (Phi) is 4.72. The molecule has 138 valence electrons. The average Bonchev–Trinajstić information content (AvgIpc) is 3.15. The van der Waals surface area contributed by atoms with Crippen molar-refractivity contribution in [1.82, 2.24) is 14.8 Å². The lowest BCUT2D eigenvalue weighted by molar-refractivity contribution is 0.101. The number of hydrogen-bond donors (Lipinski definition) is 1. The highest BCUT2D eigenvalue weighted by Crippen LogP contribution is 2.24. The van der Waals surface area contributed by atoms with E-state index in [9.17, 15) is 4.79 Å². The van der Waals surface area contributed by atoms with Gasteiger partial charge >= 0.3 is 0 Å². The SMILES string of the molecule is Cc1ccc(-c2nc(C(=O)Nc3ccccc3)nn2-c2ccccc2C)cc1. The third kappa shape index (κ3) is 3.55. The molecule has 0 bridgehead atoms. The van der Waals surface area contributed by atoms with Crippen LogP contribution in [0.25, 0.3) is 17.1 Å².